The third-order valence-corrected chi connectivity index (χ3v) is 12.2. The Morgan fingerprint density at radius 3 is 1.50 bits per heavy atom. The van der Waals surface area contributed by atoms with Crippen LogP contribution in [0.5, 0.6) is 0 Å². The number of aliphatic hydroxyl groups is 3. The predicted molar refractivity (Wildman–Crippen MR) is 257 cm³/mol. The van der Waals surface area contributed by atoms with E-state index >= 15 is 0 Å². The van der Waals surface area contributed by atoms with Crippen molar-refractivity contribution in [2.45, 2.75) is 256 Å². The van der Waals surface area contributed by atoms with Crippen LogP contribution in [0, 0.1) is 0 Å². The van der Waals surface area contributed by atoms with Crippen molar-refractivity contribution in [1.29, 1.82) is 0 Å². The molecule has 12 nitrogen and oxygen atoms in total. The SMILES string of the molecule is CCCCCCC/C=C\C/C=C\C/C=C\CCCCCCCCCCCCCOCC(COC1OC(CO)C(O)C(OS(=O)(=O)O)C1O)OC(=O)CCCCCCCCCCCCC. The zero-order valence-electron chi connectivity index (χ0n) is 40.3. The maximum Gasteiger partial charge on any atom is 0.397 e. The third kappa shape index (κ3) is 35.5. The van der Waals surface area contributed by atoms with E-state index in [9.17, 15) is 33.1 Å². The van der Waals surface area contributed by atoms with Gasteiger partial charge in [0.1, 0.15) is 30.5 Å². The van der Waals surface area contributed by atoms with Crippen molar-refractivity contribution in [3.8, 4) is 0 Å². The molecule has 0 aromatic rings. The first kappa shape index (κ1) is 60.3. The molecule has 1 heterocycles. The average Bonchev–Trinajstić information content (AvgIpc) is 3.27. The summed E-state index contributed by atoms with van der Waals surface area (Å²) in [5, 5.41) is 30.7. The Hall–Kier alpha value is -1.68. The molecule has 0 aromatic carbocycles. The first-order valence-electron chi connectivity index (χ1n) is 25.7. The summed E-state index contributed by atoms with van der Waals surface area (Å²) in [6.45, 7) is 3.98. The summed E-state index contributed by atoms with van der Waals surface area (Å²) in [5.74, 6) is -0.400. The molecule has 4 N–H and O–H groups in total. The van der Waals surface area contributed by atoms with E-state index < -0.39 is 59.8 Å². The molecule has 0 saturated carbocycles. The standard InChI is InChI=1S/C51H94O12S/c1-3-5-7-9-11-13-15-16-17-18-19-20-21-22-23-24-25-26-27-28-29-31-33-35-37-39-41-59-43-45(61-47(53)40-38-36-34-32-30-14-12-10-8-6-4-2)44-60-51-49(55)50(63-64(56,57)58)48(54)46(42-52)62-51/h15-16,18-19,21-22,45-46,48-52,54-55H,3-14,17,20,23-44H2,1-2H3,(H,56,57,58)/b16-15-,19-18-,22-21-. The zero-order valence-corrected chi connectivity index (χ0v) is 41.2. The Bertz CT molecular complexity index is 1260. The molecule has 0 bridgehead atoms. The lowest BCUT2D eigenvalue weighted by Crippen LogP contribution is -2.60. The number of hydrogen-bond acceptors (Lipinski definition) is 11. The molecule has 0 aromatic heterocycles. The summed E-state index contributed by atoms with van der Waals surface area (Å²) >= 11 is 0. The number of aliphatic hydroxyl groups excluding tert-OH is 3. The van der Waals surface area contributed by atoms with Gasteiger partial charge >= 0.3 is 16.4 Å². The lowest BCUT2D eigenvalue weighted by molar-refractivity contribution is -0.301. The molecule has 0 aliphatic carbocycles. The second-order valence-corrected chi connectivity index (χ2v) is 18.8. The Labute approximate surface area is 390 Å². The Morgan fingerprint density at radius 2 is 1.03 bits per heavy atom. The van der Waals surface area contributed by atoms with Crippen LogP contribution in [0.2, 0.25) is 0 Å². The van der Waals surface area contributed by atoms with Crippen LogP contribution in [0.4, 0.5) is 0 Å². The molecule has 1 aliphatic rings. The van der Waals surface area contributed by atoms with Crippen LogP contribution in [-0.4, -0.2) is 97.5 Å². The van der Waals surface area contributed by atoms with Gasteiger partial charge in [0.05, 0.1) is 19.8 Å². The number of rotatable bonds is 45. The van der Waals surface area contributed by atoms with E-state index in [1.165, 1.54) is 141 Å². The van der Waals surface area contributed by atoms with Crippen LogP contribution in [0.15, 0.2) is 36.5 Å². The van der Waals surface area contributed by atoms with Crippen LogP contribution in [0.25, 0.3) is 0 Å². The second kappa shape index (κ2) is 42.7. The van der Waals surface area contributed by atoms with Crippen molar-refractivity contribution in [2.24, 2.45) is 0 Å². The molecule has 6 atom stereocenters. The number of carbonyl (C=O) groups excluding carboxylic acids is 1. The molecule has 13 heteroatoms. The predicted octanol–water partition coefficient (Wildman–Crippen LogP) is 11.7. The highest BCUT2D eigenvalue weighted by Gasteiger charge is 2.48. The van der Waals surface area contributed by atoms with Crippen molar-refractivity contribution in [3.05, 3.63) is 36.5 Å². The van der Waals surface area contributed by atoms with E-state index in [0.29, 0.717) is 13.0 Å². The zero-order chi connectivity index (χ0) is 46.8. The van der Waals surface area contributed by atoms with Crippen LogP contribution < -0.4 is 0 Å². The number of hydrogen-bond donors (Lipinski definition) is 4. The fourth-order valence-corrected chi connectivity index (χ4v) is 8.37. The van der Waals surface area contributed by atoms with Gasteiger partial charge in [-0.25, -0.2) is 4.18 Å². The highest BCUT2D eigenvalue weighted by atomic mass is 32.3. The van der Waals surface area contributed by atoms with Gasteiger partial charge in [0.15, 0.2) is 6.29 Å². The lowest BCUT2D eigenvalue weighted by atomic mass is 9.99. The molecule has 376 valence electrons. The van der Waals surface area contributed by atoms with Gasteiger partial charge in [-0.2, -0.15) is 8.42 Å². The van der Waals surface area contributed by atoms with Crippen molar-refractivity contribution < 1.29 is 56.2 Å². The lowest BCUT2D eigenvalue weighted by Gasteiger charge is -2.41. The molecule has 6 unspecified atom stereocenters. The largest absolute Gasteiger partial charge is 0.457 e. The minimum Gasteiger partial charge on any atom is -0.457 e. The van der Waals surface area contributed by atoms with Gasteiger partial charge in [-0.3, -0.25) is 9.35 Å². The summed E-state index contributed by atoms with van der Waals surface area (Å²) in [6.07, 6.45) is 41.9. The molecular formula is C51H94O12S. The maximum atomic E-state index is 12.8. The van der Waals surface area contributed by atoms with Crippen LogP contribution in [0.3, 0.4) is 0 Å². The van der Waals surface area contributed by atoms with Crippen molar-refractivity contribution in [2.75, 3.05) is 26.4 Å². The van der Waals surface area contributed by atoms with Crippen molar-refractivity contribution in [3.63, 3.8) is 0 Å². The number of carbonyl (C=O) groups is 1. The second-order valence-electron chi connectivity index (χ2n) is 17.8. The van der Waals surface area contributed by atoms with Gasteiger partial charge in [-0.15, -0.1) is 0 Å². The molecule has 0 spiro atoms. The van der Waals surface area contributed by atoms with E-state index in [-0.39, 0.29) is 19.6 Å². The highest BCUT2D eigenvalue weighted by molar-refractivity contribution is 7.80. The van der Waals surface area contributed by atoms with Crippen LogP contribution in [0.1, 0.15) is 219 Å². The molecule has 0 radical (unpaired) electrons. The van der Waals surface area contributed by atoms with Gasteiger partial charge in [0.25, 0.3) is 0 Å². The van der Waals surface area contributed by atoms with Gasteiger partial charge in [0.2, 0.25) is 0 Å². The maximum absolute atomic E-state index is 12.8. The minimum absolute atomic E-state index is 0.0366. The van der Waals surface area contributed by atoms with E-state index in [2.05, 4.69) is 54.5 Å². The smallest absolute Gasteiger partial charge is 0.397 e. The van der Waals surface area contributed by atoms with Gasteiger partial charge < -0.3 is 34.3 Å². The van der Waals surface area contributed by atoms with Gasteiger partial charge in [-0.1, -0.05) is 198 Å². The van der Waals surface area contributed by atoms with Crippen molar-refractivity contribution >= 4 is 16.4 Å². The Balaban J connectivity index is 2.28. The van der Waals surface area contributed by atoms with E-state index in [1.54, 1.807) is 0 Å². The Kier molecular flexibility index (Phi) is 40.2. The first-order chi connectivity index (χ1) is 31.1. The molecule has 1 aliphatic heterocycles. The molecular weight excluding hydrogens is 837 g/mol. The fourth-order valence-electron chi connectivity index (χ4n) is 7.86. The number of esters is 1. The van der Waals surface area contributed by atoms with E-state index in [1.807, 2.05) is 0 Å². The monoisotopic (exact) mass is 931 g/mol. The fraction of sp³-hybridized carbons (Fsp3) is 0.863. The topological polar surface area (TPSA) is 178 Å². The summed E-state index contributed by atoms with van der Waals surface area (Å²) in [7, 11) is -5.06. The first-order valence-corrected chi connectivity index (χ1v) is 27.1. The van der Waals surface area contributed by atoms with Crippen molar-refractivity contribution in [1.82, 2.24) is 0 Å². The number of unbranched alkanes of at least 4 members (excludes halogenated alkanes) is 26. The number of ether oxygens (including phenoxy) is 4. The molecule has 1 fully saturated rings. The minimum atomic E-state index is -5.06. The normalized spacial score (nSPS) is 20.0. The highest BCUT2D eigenvalue weighted by Crippen LogP contribution is 2.26. The molecule has 64 heavy (non-hydrogen) atoms. The average molecular weight is 931 g/mol. The molecule has 1 saturated heterocycles. The van der Waals surface area contributed by atoms with E-state index in [0.717, 1.165) is 51.4 Å². The summed E-state index contributed by atoms with van der Waals surface area (Å²) in [5.41, 5.74) is 0. The molecule has 0 amide bonds. The summed E-state index contributed by atoms with van der Waals surface area (Å²) in [6, 6.07) is 0. The number of allylic oxidation sites excluding steroid dienone is 6. The van der Waals surface area contributed by atoms with Crippen LogP contribution in [-0.2, 0) is 38.3 Å². The van der Waals surface area contributed by atoms with Crippen LogP contribution >= 0.6 is 0 Å². The van der Waals surface area contributed by atoms with Gasteiger partial charge in [-0.05, 0) is 51.4 Å². The third-order valence-electron chi connectivity index (χ3n) is 11.8. The van der Waals surface area contributed by atoms with E-state index in [4.69, 9.17) is 18.9 Å². The Morgan fingerprint density at radius 1 is 0.594 bits per heavy atom. The summed E-state index contributed by atoms with van der Waals surface area (Å²) in [4.78, 5) is 12.8. The molecule has 1 rings (SSSR count). The summed E-state index contributed by atoms with van der Waals surface area (Å²) < 4.78 is 59.1. The quantitative estimate of drug-likeness (QED) is 0.0197. The van der Waals surface area contributed by atoms with Gasteiger partial charge in [0, 0.05) is 13.0 Å².